The number of aryl methyl sites for hydroxylation is 1. The van der Waals surface area contributed by atoms with Gasteiger partial charge in [-0.1, -0.05) is 0 Å². The molecule has 0 radical (unpaired) electrons. The molecular weight excluding hydrogens is 252 g/mol. The molecule has 0 aromatic heterocycles. The van der Waals surface area contributed by atoms with E-state index in [4.69, 9.17) is 0 Å². The molecule has 0 saturated heterocycles. The molecule has 1 aromatic rings. The highest BCUT2D eigenvalue weighted by molar-refractivity contribution is 5.94. The molecule has 2 rings (SSSR count). The molecule has 4 nitrogen and oxygen atoms in total. The molecule has 0 atom stereocenters. The molecule has 0 aliphatic heterocycles. The molecule has 0 spiro atoms. The molecule has 1 aliphatic carbocycles. The van der Waals surface area contributed by atoms with Gasteiger partial charge in [-0.15, -0.1) is 0 Å². The van der Waals surface area contributed by atoms with Crippen molar-refractivity contribution in [2.75, 3.05) is 11.9 Å². The molecule has 4 heteroatoms. The maximum absolute atomic E-state index is 11.8. The van der Waals surface area contributed by atoms with E-state index >= 15 is 0 Å². The minimum absolute atomic E-state index is 0.0251. The van der Waals surface area contributed by atoms with Crippen LogP contribution in [-0.2, 0) is 0 Å². The standard InChI is InChI=1S/C16H24N2O2/c1-3-17-16(20)12-4-9-15(11(2)10-12)18-13-5-7-14(19)8-6-13/h4,9-10,13-14,18-19H,3,5-8H2,1-2H3,(H,17,20). The summed E-state index contributed by atoms with van der Waals surface area (Å²) in [6.07, 6.45) is 3.60. The number of nitrogens with one attached hydrogen (secondary N) is 2. The van der Waals surface area contributed by atoms with Crippen LogP contribution in [0.15, 0.2) is 18.2 Å². The van der Waals surface area contributed by atoms with Crippen molar-refractivity contribution in [1.82, 2.24) is 5.32 Å². The van der Waals surface area contributed by atoms with Crippen molar-refractivity contribution >= 4 is 11.6 Å². The number of hydrogen-bond donors (Lipinski definition) is 3. The zero-order valence-electron chi connectivity index (χ0n) is 12.3. The Labute approximate surface area is 120 Å². The third kappa shape index (κ3) is 3.73. The molecule has 20 heavy (non-hydrogen) atoms. The van der Waals surface area contributed by atoms with E-state index in [0.29, 0.717) is 18.2 Å². The van der Waals surface area contributed by atoms with Gasteiger partial charge in [-0.3, -0.25) is 4.79 Å². The Kier molecular flexibility index (Phi) is 5.01. The van der Waals surface area contributed by atoms with Crippen LogP contribution in [0.5, 0.6) is 0 Å². The van der Waals surface area contributed by atoms with Crippen LogP contribution >= 0.6 is 0 Å². The van der Waals surface area contributed by atoms with Gasteiger partial charge in [0.25, 0.3) is 5.91 Å². The summed E-state index contributed by atoms with van der Waals surface area (Å²) in [5, 5.41) is 15.9. The summed E-state index contributed by atoms with van der Waals surface area (Å²) in [5.74, 6) is -0.0251. The van der Waals surface area contributed by atoms with Crippen LogP contribution in [0.25, 0.3) is 0 Å². The summed E-state index contributed by atoms with van der Waals surface area (Å²) in [6, 6.07) is 6.18. The van der Waals surface area contributed by atoms with Crippen molar-refractivity contribution in [2.24, 2.45) is 0 Å². The number of hydrogen-bond acceptors (Lipinski definition) is 3. The van der Waals surface area contributed by atoms with Crippen LogP contribution < -0.4 is 10.6 Å². The highest BCUT2D eigenvalue weighted by atomic mass is 16.3. The van der Waals surface area contributed by atoms with Gasteiger partial charge in [-0.25, -0.2) is 0 Å². The highest BCUT2D eigenvalue weighted by Gasteiger charge is 2.19. The van der Waals surface area contributed by atoms with E-state index in [1.807, 2.05) is 32.0 Å². The van der Waals surface area contributed by atoms with Gasteiger partial charge in [0.15, 0.2) is 0 Å². The number of amides is 1. The summed E-state index contributed by atoms with van der Waals surface area (Å²) in [7, 11) is 0. The average molecular weight is 276 g/mol. The van der Waals surface area contributed by atoms with Crippen LogP contribution in [0, 0.1) is 6.92 Å². The van der Waals surface area contributed by atoms with Crippen molar-refractivity contribution in [3.05, 3.63) is 29.3 Å². The number of carbonyl (C=O) groups excluding carboxylic acids is 1. The van der Waals surface area contributed by atoms with Gasteiger partial charge < -0.3 is 15.7 Å². The minimum atomic E-state index is -0.130. The fourth-order valence-electron chi connectivity index (χ4n) is 2.67. The molecule has 3 N–H and O–H groups in total. The third-order valence-electron chi connectivity index (χ3n) is 3.88. The maximum atomic E-state index is 11.8. The molecule has 1 aliphatic rings. The predicted octanol–water partition coefficient (Wildman–Crippen LogP) is 2.46. The van der Waals surface area contributed by atoms with Gasteiger partial charge in [0, 0.05) is 23.8 Å². The number of carbonyl (C=O) groups is 1. The van der Waals surface area contributed by atoms with Gasteiger partial charge in [0.2, 0.25) is 0 Å². The molecular formula is C16H24N2O2. The van der Waals surface area contributed by atoms with Crippen LogP contribution in [0.4, 0.5) is 5.69 Å². The number of aliphatic hydroxyl groups is 1. The SMILES string of the molecule is CCNC(=O)c1ccc(NC2CCC(O)CC2)c(C)c1. The van der Waals surface area contributed by atoms with Crippen molar-refractivity contribution in [1.29, 1.82) is 0 Å². The summed E-state index contributed by atoms with van der Waals surface area (Å²) >= 11 is 0. The maximum Gasteiger partial charge on any atom is 0.251 e. The van der Waals surface area contributed by atoms with Gasteiger partial charge in [-0.05, 0) is 63.3 Å². The largest absolute Gasteiger partial charge is 0.393 e. The third-order valence-corrected chi connectivity index (χ3v) is 3.88. The van der Waals surface area contributed by atoms with E-state index in [2.05, 4.69) is 10.6 Å². The number of anilines is 1. The monoisotopic (exact) mass is 276 g/mol. The van der Waals surface area contributed by atoms with Crippen molar-refractivity contribution in [3.8, 4) is 0 Å². The molecule has 1 fully saturated rings. The van der Waals surface area contributed by atoms with E-state index in [0.717, 1.165) is 36.9 Å². The van der Waals surface area contributed by atoms with Gasteiger partial charge in [0.05, 0.1) is 6.10 Å². The summed E-state index contributed by atoms with van der Waals surface area (Å²) < 4.78 is 0. The smallest absolute Gasteiger partial charge is 0.251 e. The van der Waals surface area contributed by atoms with Crippen molar-refractivity contribution < 1.29 is 9.90 Å². The normalized spacial score (nSPS) is 22.4. The van der Waals surface area contributed by atoms with E-state index in [1.165, 1.54) is 0 Å². The molecule has 110 valence electrons. The van der Waals surface area contributed by atoms with Crippen LogP contribution in [0.3, 0.4) is 0 Å². The van der Waals surface area contributed by atoms with E-state index < -0.39 is 0 Å². The Bertz CT molecular complexity index is 466. The molecule has 1 amide bonds. The minimum Gasteiger partial charge on any atom is -0.393 e. The Morgan fingerprint density at radius 2 is 2.00 bits per heavy atom. The first-order valence-electron chi connectivity index (χ1n) is 7.43. The topological polar surface area (TPSA) is 61.4 Å². The van der Waals surface area contributed by atoms with Crippen LogP contribution in [-0.4, -0.2) is 29.7 Å². The van der Waals surface area contributed by atoms with Crippen LogP contribution in [0.2, 0.25) is 0 Å². The lowest BCUT2D eigenvalue weighted by atomic mass is 9.92. The second-order valence-electron chi connectivity index (χ2n) is 5.54. The quantitative estimate of drug-likeness (QED) is 0.791. The van der Waals surface area contributed by atoms with Crippen molar-refractivity contribution in [2.45, 2.75) is 51.7 Å². The zero-order valence-corrected chi connectivity index (χ0v) is 12.3. The lowest BCUT2D eigenvalue weighted by Gasteiger charge is -2.27. The Hall–Kier alpha value is -1.55. The lowest BCUT2D eigenvalue weighted by molar-refractivity contribution is 0.0955. The fraction of sp³-hybridized carbons (Fsp3) is 0.562. The van der Waals surface area contributed by atoms with Gasteiger partial charge >= 0.3 is 0 Å². The molecule has 0 bridgehead atoms. The molecule has 1 saturated carbocycles. The number of benzene rings is 1. The second-order valence-corrected chi connectivity index (χ2v) is 5.54. The molecule has 1 aromatic carbocycles. The Morgan fingerprint density at radius 3 is 2.60 bits per heavy atom. The zero-order chi connectivity index (χ0) is 14.5. The first-order chi connectivity index (χ1) is 9.60. The Morgan fingerprint density at radius 1 is 1.30 bits per heavy atom. The van der Waals surface area contributed by atoms with Crippen LogP contribution in [0.1, 0.15) is 48.5 Å². The van der Waals surface area contributed by atoms with E-state index in [1.54, 1.807) is 0 Å². The van der Waals surface area contributed by atoms with Crippen molar-refractivity contribution in [3.63, 3.8) is 0 Å². The number of aliphatic hydroxyl groups excluding tert-OH is 1. The first-order valence-corrected chi connectivity index (χ1v) is 7.43. The summed E-state index contributed by atoms with van der Waals surface area (Å²) in [5.41, 5.74) is 2.87. The van der Waals surface area contributed by atoms with Gasteiger partial charge in [0.1, 0.15) is 0 Å². The second kappa shape index (κ2) is 6.75. The first kappa shape index (κ1) is 14.9. The summed E-state index contributed by atoms with van der Waals surface area (Å²) in [6.45, 7) is 4.57. The highest BCUT2D eigenvalue weighted by Crippen LogP contribution is 2.24. The number of rotatable bonds is 4. The fourth-order valence-corrected chi connectivity index (χ4v) is 2.67. The Balaban J connectivity index is 2.00. The average Bonchev–Trinajstić information content (AvgIpc) is 2.43. The van der Waals surface area contributed by atoms with E-state index in [-0.39, 0.29) is 12.0 Å². The lowest BCUT2D eigenvalue weighted by Crippen LogP contribution is -2.28. The molecule has 0 unspecified atom stereocenters. The van der Waals surface area contributed by atoms with Gasteiger partial charge in [-0.2, -0.15) is 0 Å². The summed E-state index contributed by atoms with van der Waals surface area (Å²) in [4.78, 5) is 11.8. The molecule has 0 heterocycles. The van der Waals surface area contributed by atoms with E-state index in [9.17, 15) is 9.90 Å². The predicted molar refractivity (Wildman–Crippen MR) is 81.1 cm³/mol.